The van der Waals surface area contributed by atoms with Crippen LogP contribution in [0.4, 0.5) is 0 Å². The average Bonchev–Trinajstić information content (AvgIpc) is 2.86. The highest BCUT2D eigenvalue weighted by Crippen LogP contribution is 2.15. The van der Waals surface area contributed by atoms with Crippen LogP contribution in [0, 0.1) is 0 Å². The molecule has 0 aliphatic rings. The topological polar surface area (TPSA) is 87.1 Å². The van der Waals surface area contributed by atoms with E-state index >= 15 is 0 Å². The van der Waals surface area contributed by atoms with E-state index in [1.54, 1.807) is 6.21 Å². The fourth-order valence-corrected chi connectivity index (χ4v) is 1.62. The Hall–Kier alpha value is -1.89. The van der Waals surface area contributed by atoms with Crippen LogP contribution in [0.1, 0.15) is 5.56 Å². The first-order valence-electron chi connectivity index (χ1n) is 5.90. The first kappa shape index (κ1) is 13.5. The summed E-state index contributed by atoms with van der Waals surface area (Å²) < 4.78 is 5.00. The summed E-state index contributed by atoms with van der Waals surface area (Å²) in [6.45, 7) is -0.636. The molecule has 6 nitrogen and oxygen atoms in total. The lowest BCUT2D eigenvalue weighted by Crippen LogP contribution is -2.22. The Kier molecular flexibility index (Phi) is 4.91. The van der Waals surface area contributed by atoms with Crippen molar-refractivity contribution in [1.29, 1.82) is 0 Å². The van der Waals surface area contributed by atoms with Crippen LogP contribution in [0.25, 0.3) is 10.9 Å². The molecule has 1 heterocycles. The van der Waals surface area contributed by atoms with Gasteiger partial charge in [0.25, 0.3) is 0 Å². The van der Waals surface area contributed by atoms with Crippen molar-refractivity contribution in [3.63, 3.8) is 0 Å². The van der Waals surface area contributed by atoms with Crippen LogP contribution in [0.15, 0.2) is 35.6 Å². The highest BCUT2D eigenvalue weighted by molar-refractivity contribution is 5.98. The number of H-pyrrole nitrogens is 1. The van der Waals surface area contributed by atoms with Crippen LogP contribution >= 0.6 is 0 Å². The van der Waals surface area contributed by atoms with Crippen molar-refractivity contribution in [1.82, 2.24) is 4.98 Å². The number of aromatic nitrogens is 1. The van der Waals surface area contributed by atoms with E-state index in [1.165, 1.54) is 0 Å². The number of hydrogen-bond donors (Lipinski definition) is 3. The van der Waals surface area contributed by atoms with Crippen LogP contribution < -0.4 is 0 Å². The second-order valence-corrected chi connectivity index (χ2v) is 3.92. The molecule has 0 radical (unpaired) electrons. The van der Waals surface area contributed by atoms with Crippen molar-refractivity contribution in [2.45, 2.75) is 6.10 Å². The molecule has 3 N–H and O–H groups in total. The predicted molar refractivity (Wildman–Crippen MR) is 70.9 cm³/mol. The fourth-order valence-electron chi connectivity index (χ4n) is 1.62. The zero-order chi connectivity index (χ0) is 13.5. The second kappa shape index (κ2) is 6.89. The molecule has 102 valence electrons. The summed E-state index contributed by atoms with van der Waals surface area (Å²) in [7, 11) is 0. The quantitative estimate of drug-likeness (QED) is 0.299. The molecule has 0 aliphatic carbocycles. The van der Waals surface area contributed by atoms with E-state index in [2.05, 4.69) is 10.1 Å². The number of ether oxygens (including phenoxy) is 1. The highest BCUT2D eigenvalue weighted by atomic mass is 16.7. The number of nitrogens with zero attached hydrogens (tertiary/aromatic N) is 1. The number of aliphatic hydroxyl groups excluding tert-OH is 2. The molecular formula is C13H16N2O4. The molecule has 2 rings (SSSR count). The molecule has 19 heavy (non-hydrogen) atoms. The molecule has 0 saturated carbocycles. The van der Waals surface area contributed by atoms with E-state index in [0.29, 0.717) is 0 Å². The van der Waals surface area contributed by atoms with Crippen LogP contribution in [0.5, 0.6) is 0 Å². The fraction of sp³-hybridized carbons (Fsp3) is 0.308. The van der Waals surface area contributed by atoms with Gasteiger partial charge < -0.3 is 24.8 Å². The summed E-state index contributed by atoms with van der Waals surface area (Å²) in [6, 6.07) is 7.86. The van der Waals surface area contributed by atoms with Crippen LogP contribution in [0.3, 0.4) is 0 Å². The van der Waals surface area contributed by atoms with Crippen LogP contribution in [0.2, 0.25) is 0 Å². The molecular weight excluding hydrogens is 248 g/mol. The minimum atomic E-state index is -0.636. The van der Waals surface area contributed by atoms with E-state index in [9.17, 15) is 0 Å². The molecule has 0 fully saturated rings. The number of nitrogens with one attached hydrogen (secondary N) is 1. The molecule has 2 aromatic rings. The van der Waals surface area contributed by atoms with Gasteiger partial charge in [0.2, 0.25) is 6.79 Å². The van der Waals surface area contributed by atoms with Gasteiger partial charge in [0.1, 0.15) is 6.10 Å². The number of fused-ring (bicyclic) bond motifs is 1. The number of benzene rings is 1. The lowest BCUT2D eigenvalue weighted by atomic mass is 10.2. The van der Waals surface area contributed by atoms with E-state index in [0.717, 1.165) is 16.5 Å². The third kappa shape index (κ3) is 3.54. The van der Waals surface area contributed by atoms with Gasteiger partial charge in [-0.05, 0) is 6.07 Å². The van der Waals surface area contributed by atoms with Crippen molar-refractivity contribution in [3.05, 3.63) is 36.0 Å². The summed E-state index contributed by atoms with van der Waals surface area (Å²) in [4.78, 5) is 8.02. The van der Waals surface area contributed by atoms with Gasteiger partial charge in [0, 0.05) is 22.7 Å². The van der Waals surface area contributed by atoms with Crippen LogP contribution in [-0.2, 0) is 9.57 Å². The molecule has 1 aromatic heterocycles. The smallest absolute Gasteiger partial charge is 0.216 e. The van der Waals surface area contributed by atoms with Crippen molar-refractivity contribution >= 4 is 17.1 Å². The first-order chi connectivity index (χ1) is 9.35. The standard InChI is InChI=1S/C13H16N2O4/c16-7-11(8-17)18-9-19-15-6-10-5-14-13-4-2-1-3-12(10)13/h1-6,11,14,16-17H,7-9H2/b15-6+. The Balaban J connectivity index is 1.86. The number of hydrogen-bond acceptors (Lipinski definition) is 5. The Morgan fingerprint density at radius 1 is 1.26 bits per heavy atom. The van der Waals surface area contributed by atoms with Gasteiger partial charge in [-0.3, -0.25) is 0 Å². The van der Waals surface area contributed by atoms with Gasteiger partial charge in [0.15, 0.2) is 0 Å². The zero-order valence-electron chi connectivity index (χ0n) is 10.3. The van der Waals surface area contributed by atoms with E-state index in [1.807, 2.05) is 30.5 Å². The SMILES string of the molecule is OCC(CO)OCO/N=C/c1c[nH]c2ccccc12. The average molecular weight is 264 g/mol. The molecule has 0 atom stereocenters. The summed E-state index contributed by atoms with van der Waals surface area (Å²) in [5, 5.41) is 22.4. The molecule has 0 spiro atoms. The molecule has 0 amide bonds. The number of aliphatic hydroxyl groups is 2. The van der Waals surface area contributed by atoms with E-state index in [-0.39, 0.29) is 20.0 Å². The van der Waals surface area contributed by atoms with Gasteiger partial charge in [0.05, 0.1) is 19.4 Å². The normalized spacial score (nSPS) is 11.7. The number of para-hydroxylation sites is 1. The first-order valence-corrected chi connectivity index (χ1v) is 5.90. The maximum atomic E-state index is 8.77. The predicted octanol–water partition coefficient (Wildman–Crippen LogP) is 0.846. The minimum Gasteiger partial charge on any atom is -0.394 e. The molecule has 1 aromatic carbocycles. The van der Waals surface area contributed by atoms with Gasteiger partial charge >= 0.3 is 0 Å². The van der Waals surface area contributed by atoms with Crippen molar-refractivity contribution < 1.29 is 19.8 Å². The van der Waals surface area contributed by atoms with Crippen molar-refractivity contribution in [3.8, 4) is 0 Å². The van der Waals surface area contributed by atoms with E-state index < -0.39 is 6.10 Å². The van der Waals surface area contributed by atoms with E-state index in [4.69, 9.17) is 19.8 Å². The largest absolute Gasteiger partial charge is 0.394 e. The van der Waals surface area contributed by atoms with Crippen molar-refractivity contribution in [2.24, 2.45) is 5.16 Å². The van der Waals surface area contributed by atoms with Gasteiger partial charge in [-0.25, -0.2) is 0 Å². The third-order valence-corrected chi connectivity index (χ3v) is 2.65. The van der Waals surface area contributed by atoms with Crippen LogP contribution in [-0.4, -0.2) is 47.5 Å². The minimum absolute atomic E-state index is 0.120. The molecule has 0 bridgehead atoms. The van der Waals surface area contributed by atoms with Gasteiger partial charge in [-0.15, -0.1) is 0 Å². The van der Waals surface area contributed by atoms with Gasteiger partial charge in [-0.1, -0.05) is 23.4 Å². The lowest BCUT2D eigenvalue weighted by Gasteiger charge is -2.10. The molecule has 6 heteroatoms. The maximum Gasteiger partial charge on any atom is 0.216 e. The monoisotopic (exact) mass is 264 g/mol. The Morgan fingerprint density at radius 3 is 2.84 bits per heavy atom. The highest BCUT2D eigenvalue weighted by Gasteiger charge is 2.04. The lowest BCUT2D eigenvalue weighted by molar-refractivity contribution is -0.114. The summed E-state index contributed by atoms with van der Waals surface area (Å²) >= 11 is 0. The molecule has 0 aliphatic heterocycles. The Bertz CT molecular complexity index is 534. The van der Waals surface area contributed by atoms with Gasteiger partial charge in [-0.2, -0.15) is 0 Å². The number of oxime groups is 1. The number of rotatable bonds is 7. The number of aromatic amines is 1. The summed E-state index contributed by atoms with van der Waals surface area (Å²) in [5.41, 5.74) is 1.94. The summed E-state index contributed by atoms with van der Waals surface area (Å²) in [5.74, 6) is 0. The molecule has 0 saturated heterocycles. The Labute approximate surface area is 110 Å². The Morgan fingerprint density at radius 2 is 2.05 bits per heavy atom. The summed E-state index contributed by atoms with van der Waals surface area (Å²) in [6.07, 6.45) is 2.78. The zero-order valence-corrected chi connectivity index (χ0v) is 10.3. The maximum absolute atomic E-state index is 8.77. The van der Waals surface area contributed by atoms with Crippen molar-refractivity contribution in [2.75, 3.05) is 20.0 Å². The third-order valence-electron chi connectivity index (χ3n) is 2.65. The molecule has 0 unspecified atom stereocenters. The second-order valence-electron chi connectivity index (χ2n) is 3.92.